The van der Waals surface area contributed by atoms with E-state index in [-0.39, 0.29) is 11.6 Å². The van der Waals surface area contributed by atoms with E-state index in [0.717, 1.165) is 17.6 Å². The molecule has 1 aromatic carbocycles. The van der Waals surface area contributed by atoms with Crippen LogP contribution in [-0.4, -0.2) is 24.7 Å². The zero-order chi connectivity index (χ0) is 14.0. The number of benzene rings is 1. The topological polar surface area (TPSA) is 39.1 Å². The fourth-order valence-corrected chi connectivity index (χ4v) is 2.95. The zero-order valence-corrected chi connectivity index (χ0v) is 13.3. The van der Waals surface area contributed by atoms with Gasteiger partial charge in [-0.25, -0.2) is 0 Å². The molecular weight excluding hydrogens is 302 g/mol. The monoisotopic (exact) mass is 321 g/mol. The van der Waals surface area contributed by atoms with Crippen LogP contribution < -0.4 is 10.2 Å². The SMILES string of the molecule is Cc1cc(N2CC(CC#N)NC(C)(C)C2)ccc1Br. The van der Waals surface area contributed by atoms with Gasteiger partial charge in [-0.2, -0.15) is 5.26 Å². The van der Waals surface area contributed by atoms with Crippen LogP contribution in [0.2, 0.25) is 0 Å². The van der Waals surface area contributed by atoms with Gasteiger partial charge in [-0.05, 0) is 44.5 Å². The van der Waals surface area contributed by atoms with Gasteiger partial charge in [0, 0.05) is 34.8 Å². The smallest absolute Gasteiger partial charge is 0.0638 e. The third-order valence-electron chi connectivity index (χ3n) is 3.47. The summed E-state index contributed by atoms with van der Waals surface area (Å²) in [5.74, 6) is 0. The average molecular weight is 322 g/mol. The zero-order valence-electron chi connectivity index (χ0n) is 11.7. The quantitative estimate of drug-likeness (QED) is 0.909. The van der Waals surface area contributed by atoms with Gasteiger partial charge in [0.25, 0.3) is 0 Å². The standard InChI is InChI=1S/C15H20BrN3/c1-11-8-13(4-5-14(11)16)19-9-12(6-7-17)18-15(2,3)10-19/h4-5,8,12,18H,6,9-10H2,1-3H3. The summed E-state index contributed by atoms with van der Waals surface area (Å²) in [7, 11) is 0. The number of hydrogen-bond donors (Lipinski definition) is 1. The molecule has 102 valence electrons. The molecule has 1 aliphatic rings. The molecule has 1 heterocycles. The number of hydrogen-bond acceptors (Lipinski definition) is 3. The Morgan fingerprint density at radius 3 is 2.89 bits per heavy atom. The Labute approximate surface area is 123 Å². The minimum Gasteiger partial charge on any atom is -0.368 e. The fourth-order valence-electron chi connectivity index (χ4n) is 2.70. The van der Waals surface area contributed by atoms with Gasteiger partial charge in [0.05, 0.1) is 12.5 Å². The summed E-state index contributed by atoms with van der Waals surface area (Å²) in [6, 6.07) is 8.95. The first-order valence-electron chi connectivity index (χ1n) is 6.57. The van der Waals surface area contributed by atoms with Crippen LogP contribution in [0.1, 0.15) is 25.8 Å². The molecular formula is C15H20BrN3. The molecule has 1 fully saturated rings. The number of nitrogens with zero attached hydrogens (tertiary/aromatic N) is 2. The van der Waals surface area contributed by atoms with Crippen molar-refractivity contribution in [2.45, 2.75) is 38.8 Å². The fraction of sp³-hybridized carbons (Fsp3) is 0.533. The van der Waals surface area contributed by atoms with Crippen molar-refractivity contribution < 1.29 is 0 Å². The molecule has 0 aliphatic carbocycles. The second kappa shape index (κ2) is 5.52. The van der Waals surface area contributed by atoms with E-state index < -0.39 is 0 Å². The summed E-state index contributed by atoms with van der Waals surface area (Å²) >= 11 is 3.54. The van der Waals surface area contributed by atoms with Crippen molar-refractivity contribution in [3.05, 3.63) is 28.2 Å². The molecule has 0 spiro atoms. The van der Waals surface area contributed by atoms with E-state index in [9.17, 15) is 0 Å². The average Bonchev–Trinajstić information content (AvgIpc) is 2.31. The molecule has 1 N–H and O–H groups in total. The van der Waals surface area contributed by atoms with Crippen LogP contribution in [0.5, 0.6) is 0 Å². The van der Waals surface area contributed by atoms with Gasteiger partial charge in [0.15, 0.2) is 0 Å². The Morgan fingerprint density at radius 1 is 1.53 bits per heavy atom. The molecule has 2 rings (SSSR count). The van der Waals surface area contributed by atoms with Gasteiger partial charge in [0.1, 0.15) is 0 Å². The summed E-state index contributed by atoms with van der Waals surface area (Å²) in [5, 5.41) is 12.5. The summed E-state index contributed by atoms with van der Waals surface area (Å²) < 4.78 is 1.14. The summed E-state index contributed by atoms with van der Waals surface area (Å²) in [6.45, 7) is 8.33. The highest BCUT2D eigenvalue weighted by molar-refractivity contribution is 9.10. The number of halogens is 1. The van der Waals surface area contributed by atoms with Crippen LogP contribution in [0.4, 0.5) is 5.69 Å². The minimum absolute atomic E-state index is 0.0285. The Kier molecular flexibility index (Phi) is 4.17. The van der Waals surface area contributed by atoms with Gasteiger partial charge < -0.3 is 10.2 Å². The molecule has 19 heavy (non-hydrogen) atoms. The maximum Gasteiger partial charge on any atom is 0.0638 e. The molecule has 0 radical (unpaired) electrons. The first-order chi connectivity index (χ1) is 8.91. The molecule has 0 aromatic heterocycles. The number of nitriles is 1. The molecule has 0 amide bonds. The van der Waals surface area contributed by atoms with Crippen molar-refractivity contribution in [3.63, 3.8) is 0 Å². The Bertz CT molecular complexity index is 505. The maximum atomic E-state index is 8.91. The largest absolute Gasteiger partial charge is 0.368 e. The number of nitrogens with one attached hydrogen (secondary N) is 1. The van der Waals surface area contributed by atoms with E-state index in [1.54, 1.807) is 0 Å². The molecule has 3 nitrogen and oxygen atoms in total. The molecule has 0 bridgehead atoms. The first kappa shape index (κ1) is 14.4. The summed E-state index contributed by atoms with van der Waals surface area (Å²) in [5.41, 5.74) is 2.50. The van der Waals surface area contributed by atoms with E-state index >= 15 is 0 Å². The van der Waals surface area contributed by atoms with Crippen molar-refractivity contribution in [2.75, 3.05) is 18.0 Å². The van der Waals surface area contributed by atoms with Gasteiger partial charge >= 0.3 is 0 Å². The van der Waals surface area contributed by atoms with Crippen LogP contribution in [0.3, 0.4) is 0 Å². The lowest BCUT2D eigenvalue weighted by atomic mass is 9.96. The Hall–Kier alpha value is -1.05. The van der Waals surface area contributed by atoms with Crippen molar-refractivity contribution in [3.8, 4) is 6.07 Å². The highest BCUT2D eigenvalue weighted by Crippen LogP contribution is 2.26. The van der Waals surface area contributed by atoms with E-state index in [1.807, 2.05) is 0 Å². The number of rotatable bonds is 2. The molecule has 1 atom stereocenters. The molecule has 4 heteroatoms. The third-order valence-corrected chi connectivity index (χ3v) is 4.36. The van der Waals surface area contributed by atoms with E-state index in [4.69, 9.17) is 5.26 Å². The van der Waals surface area contributed by atoms with Crippen LogP contribution in [0, 0.1) is 18.3 Å². The van der Waals surface area contributed by atoms with Crippen LogP contribution in [0.15, 0.2) is 22.7 Å². The highest BCUT2D eigenvalue weighted by Gasteiger charge is 2.31. The second-order valence-corrected chi connectivity index (χ2v) is 6.76. The van der Waals surface area contributed by atoms with E-state index in [2.05, 4.69) is 71.2 Å². The predicted molar refractivity (Wildman–Crippen MR) is 82.3 cm³/mol. The van der Waals surface area contributed by atoms with Crippen molar-refractivity contribution in [1.82, 2.24) is 5.32 Å². The number of anilines is 1. The molecule has 1 aliphatic heterocycles. The summed E-state index contributed by atoms with van der Waals surface area (Å²) in [6.07, 6.45) is 0.551. The molecule has 1 unspecified atom stereocenters. The van der Waals surface area contributed by atoms with Gasteiger partial charge in [-0.3, -0.25) is 0 Å². The lowest BCUT2D eigenvalue weighted by molar-refractivity contribution is 0.291. The lowest BCUT2D eigenvalue weighted by Crippen LogP contribution is -2.62. The Balaban J connectivity index is 2.23. The van der Waals surface area contributed by atoms with E-state index in [0.29, 0.717) is 6.42 Å². The van der Waals surface area contributed by atoms with Gasteiger partial charge in [-0.15, -0.1) is 0 Å². The molecule has 0 saturated carbocycles. The van der Waals surface area contributed by atoms with Crippen molar-refractivity contribution in [2.24, 2.45) is 0 Å². The van der Waals surface area contributed by atoms with Gasteiger partial charge in [0.2, 0.25) is 0 Å². The van der Waals surface area contributed by atoms with E-state index in [1.165, 1.54) is 11.3 Å². The van der Waals surface area contributed by atoms with Gasteiger partial charge in [-0.1, -0.05) is 15.9 Å². The molecule has 1 aromatic rings. The number of piperazine rings is 1. The molecule has 1 saturated heterocycles. The summed E-state index contributed by atoms with van der Waals surface area (Å²) in [4.78, 5) is 2.37. The van der Waals surface area contributed by atoms with Crippen molar-refractivity contribution in [1.29, 1.82) is 5.26 Å². The highest BCUT2D eigenvalue weighted by atomic mass is 79.9. The lowest BCUT2D eigenvalue weighted by Gasteiger charge is -2.44. The Morgan fingerprint density at radius 2 is 2.26 bits per heavy atom. The third kappa shape index (κ3) is 3.49. The van der Waals surface area contributed by atoms with Crippen molar-refractivity contribution >= 4 is 21.6 Å². The minimum atomic E-state index is 0.0285. The predicted octanol–water partition coefficient (Wildman–Crippen LogP) is 3.23. The van der Waals surface area contributed by atoms with Crippen LogP contribution >= 0.6 is 15.9 Å². The number of aryl methyl sites for hydroxylation is 1. The normalized spacial score (nSPS) is 22.1. The maximum absolute atomic E-state index is 8.91. The first-order valence-corrected chi connectivity index (χ1v) is 7.36. The van der Waals surface area contributed by atoms with Crippen LogP contribution in [0.25, 0.3) is 0 Å². The van der Waals surface area contributed by atoms with Crippen LogP contribution in [-0.2, 0) is 0 Å². The second-order valence-electron chi connectivity index (χ2n) is 5.90.